The average Bonchev–Trinajstić information content (AvgIpc) is 2.54. The third kappa shape index (κ3) is 3.92. The van der Waals surface area contributed by atoms with Gasteiger partial charge in [0.2, 0.25) is 0 Å². The zero-order valence-corrected chi connectivity index (χ0v) is 15.7. The smallest absolute Gasteiger partial charge is 0.257 e. The summed E-state index contributed by atoms with van der Waals surface area (Å²) >= 11 is 6.30. The molecule has 0 unspecified atom stereocenters. The van der Waals surface area contributed by atoms with Crippen molar-refractivity contribution in [2.75, 3.05) is 13.7 Å². The number of benzene rings is 1. The molecular weight excluding hydrogens is 385 g/mol. The first-order valence-electron chi connectivity index (χ1n) is 7.44. The molecule has 132 valence electrons. The molecule has 1 aromatic carbocycles. The molecule has 0 spiro atoms. The lowest BCUT2D eigenvalue weighted by molar-refractivity contribution is -0.114. The number of hydrogen-bond donors (Lipinski definition) is 0. The molecule has 0 N–H and O–H groups in total. The van der Waals surface area contributed by atoms with Crippen LogP contribution in [0.2, 0.25) is 0 Å². The van der Waals surface area contributed by atoms with Crippen molar-refractivity contribution in [2.24, 2.45) is 0 Å². The highest BCUT2D eigenvalue weighted by Gasteiger charge is 2.31. The van der Waals surface area contributed by atoms with E-state index in [0.29, 0.717) is 29.3 Å². The van der Waals surface area contributed by atoms with Gasteiger partial charge in [-0.2, -0.15) is 0 Å². The van der Waals surface area contributed by atoms with Crippen molar-refractivity contribution in [3.05, 3.63) is 63.2 Å². The number of ether oxygens (including phenoxy) is 1. The standard InChI is InChI=1S/C17H15Cl2NO4S/c1-24-13-4-2-11(3-5-13)8-20-9-12-6-14(25(19,22)23)7-16(21)17(12)15(18)10-20/h2-6,9H,7-8,10H2,1H3. The third-order valence-electron chi connectivity index (χ3n) is 4.01. The molecule has 0 saturated carbocycles. The number of allylic oxidation sites excluding steroid dienone is 4. The summed E-state index contributed by atoms with van der Waals surface area (Å²) in [6, 6.07) is 7.58. The van der Waals surface area contributed by atoms with Gasteiger partial charge in [0.1, 0.15) is 5.75 Å². The monoisotopic (exact) mass is 399 g/mol. The lowest BCUT2D eigenvalue weighted by atomic mass is 9.92. The fraction of sp³-hybridized carbons (Fsp3) is 0.235. The van der Waals surface area contributed by atoms with Gasteiger partial charge in [-0.25, -0.2) is 8.42 Å². The second kappa shape index (κ2) is 6.86. The van der Waals surface area contributed by atoms with E-state index in [2.05, 4.69) is 0 Å². The molecule has 0 radical (unpaired) electrons. The molecule has 0 bridgehead atoms. The van der Waals surface area contributed by atoms with Gasteiger partial charge in [0, 0.05) is 46.0 Å². The Morgan fingerprint density at radius 2 is 1.92 bits per heavy atom. The van der Waals surface area contributed by atoms with Gasteiger partial charge in [0.25, 0.3) is 9.05 Å². The van der Waals surface area contributed by atoms with Gasteiger partial charge >= 0.3 is 0 Å². The maximum absolute atomic E-state index is 12.3. The Kier molecular flexibility index (Phi) is 4.95. The van der Waals surface area contributed by atoms with Crippen molar-refractivity contribution in [3.63, 3.8) is 0 Å². The summed E-state index contributed by atoms with van der Waals surface area (Å²) in [6.07, 6.45) is 2.90. The number of rotatable bonds is 4. The first-order valence-corrected chi connectivity index (χ1v) is 10.1. The highest BCUT2D eigenvalue weighted by molar-refractivity contribution is 8.16. The maximum Gasteiger partial charge on any atom is 0.257 e. The summed E-state index contributed by atoms with van der Waals surface area (Å²) in [5, 5.41) is 0.401. The summed E-state index contributed by atoms with van der Waals surface area (Å²) in [5.74, 6) is 0.431. The number of methoxy groups -OCH3 is 1. The fourth-order valence-electron chi connectivity index (χ4n) is 2.84. The highest BCUT2D eigenvalue weighted by Crippen LogP contribution is 2.35. The number of fused-ring (bicyclic) bond motifs is 1. The van der Waals surface area contributed by atoms with Crippen LogP contribution < -0.4 is 4.74 Å². The van der Waals surface area contributed by atoms with E-state index >= 15 is 0 Å². The average molecular weight is 400 g/mol. The molecule has 0 aromatic heterocycles. The van der Waals surface area contributed by atoms with Gasteiger partial charge in [-0.3, -0.25) is 4.79 Å². The predicted octanol–water partition coefficient (Wildman–Crippen LogP) is 3.31. The van der Waals surface area contributed by atoms with Crippen LogP contribution in [0.1, 0.15) is 12.0 Å². The van der Waals surface area contributed by atoms with Crippen LogP contribution >= 0.6 is 22.3 Å². The summed E-state index contributed by atoms with van der Waals surface area (Å²) in [4.78, 5) is 14.1. The van der Waals surface area contributed by atoms with Crippen LogP contribution in [0.3, 0.4) is 0 Å². The van der Waals surface area contributed by atoms with Gasteiger partial charge in [0.05, 0.1) is 18.6 Å². The molecule has 0 amide bonds. The minimum Gasteiger partial charge on any atom is -0.497 e. The summed E-state index contributed by atoms with van der Waals surface area (Å²) in [5.41, 5.74) is 1.87. The second-order valence-electron chi connectivity index (χ2n) is 5.77. The molecule has 1 aliphatic heterocycles. The topological polar surface area (TPSA) is 63.7 Å². The van der Waals surface area contributed by atoms with Crippen LogP contribution in [0.5, 0.6) is 5.75 Å². The van der Waals surface area contributed by atoms with Crippen LogP contribution in [0.4, 0.5) is 0 Å². The van der Waals surface area contributed by atoms with E-state index in [4.69, 9.17) is 27.0 Å². The number of Topliss-reactive ketones (excluding diaryl/α,β-unsaturated/α-hetero) is 1. The molecule has 1 aliphatic carbocycles. The molecule has 0 atom stereocenters. The van der Waals surface area contributed by atoms with Crippen LogP contribution in [-0.4, -0.2) is 32.8 Å². The van der Waals surface area contributed by atoms with Gasteiger partial charge in [0.15, 0.2) is 5.78 Å². The Bertz CT molecular complexity index is 914. The normalized spacial score (nSPS) is 17.9. The van der Waals surface area contributed by atoms with Crippen molar-refractivity contribution in [2.45, 2.75) is 13.0 Å². The Balaban J connectivity index is 1.90. The number of carbonyl (C=O) groups is 1. The Morgan fingerprint density at radius 1 is 1.24 bits per heavy atom. The lowest BCUT2D eigenvalue weighted by Gasteiger charge is -2.29. The van der Waals surface area contributed by atoms with Crippen LogP contribution in [-0.2, 0) is 20.4 Å². The van der Waals surface area contributed by atoms with Crippen molar-refractivity contribution >= 4 is 37.1 Å². The number of halogens is 2. The van der Waals surface area contributed by atoms with Crippen molar-refractivity contribution < 1.29 is 17.9 Å². The maximum atomic E-state index is 12.3. The summed E-state index contributed by atoms with van der Waals surface area (Å²) in [7, 11) is 3.05. The van der Waals surface area contributed by atoms with Crippen LogP contribution in [0, 0.1) is 0 Å². The van der Waals surface area contributed by atoms with E-state index in [0.717, 1.165) is 11.3 Å². The second-order valence-corrected chi connectivity index (χ2v) is 8.84. The van der Waals surface area contributed by atoms with Crippen molar-refractivity contribution in [1.29, 1.82) is 0 Å². The number of carbonyl (C=O) groups excluding carboxylic acids is 1. The molecule has 2 aliphatic rings. The summed E-state index contributed by atoms with van der Waals surface area (Å²) < 4.78 is 28.3. The minimum absolute atomic E-state index is 0.107. The molecule has 1 heterocycles. The van der Waals surface area contributed by atoms with Crippen LogP contribution in [0.15, 0.2) is 57.6 Å². The molecule has 3 rings (SSSR count). The van der Waals surface area contributed by atoms with Crippen molar-refractivity contribution in [1.82, 2.24) is 4.90 Å². The Morgan fingerprint density at radius 3 is 2.52 bits per heavy atom. The van der Waals surface area contributed by atoms with E-state index in [-0.39, 0.29) is 17.1 Å². The van der Waals surface area contributed by atoms with Crippen molar-refractivity contribution in [3.8, 4) is 5.75 Å². The number of ketones is 1. The minimum atomic E-state index is -3.94. The highest BCUT2D eigenvalue weighted by atomic mass is 35.7. The zero-order chi connectivity index (χ0) is 18.2. The van der Waals surface area contributed by atoms with Gasteiger partial charge in [-0.1, -0.05) is 23.7 Å². The molecule has 0 fully saturated rings. The fourth-order valence-corrected chi connectivity index (χ4v) is 4.07. The van der Waals surface area contributed by atoms with E-state index in [1.54, 1.807) is 13.3 Å². The molecule has 5 nitrogen and oxygen atoms in total. The van der Waals surface area contributed by atoms with E-state index < -0.39 is 9.05 Å². The van der Waals surface area contributed by atoms with E-state index in [9.17, 15) is 13.2 Å². The Labute approximate surface area is 155 Å². The Hall–Kier alpha value is -1.76. The largest absolute Gasteiger partial charge is 0.497 e. The first kappa shape index (κ1) is 18.0. The van der Waals surface area contributed by atoms with Gasteiger partial charge < -0.3 is 9.64 Å². The van der Waals surface area contributed by atoms with E-state index in [1.807, 2.05) is 29.2 Å². The number of hydrogen-bond acceptors (Lipinski definition) is 5. The molecular formula is C17H15Cl2NO4S. The SMILES string of the molecule is COc1ccc(CN2C=C3C=C(S(=O)(=O)Cl)CC(=O)C3=C(Cl)C2)cc1. The molecule has 1 aromatic rings. The third-order valence-corrected chi connectivity index (χ3v) is 5.80. The van der Waals surface area contributed by atoms with E-state index in [1.165, 1.54) is 6.08 Å². The van der Waals surface area contributed by atoms with Gasteiger partial charge in [-0.15, -0.1) is 0 Å². The quantitative estimate of drug-likeness (QED) is 0.726. The lowest BCUT2D eigenvalue weighted by Crippen LogP contribution is -2.27. The molecule has 0 saturated heterocycles. The predicted molar refractivity (Wildman–Crippen MR) is 96.8 cm³/mol. The molecule has 25 heavy (non-hydrogen) atoms. The summed E-state index contributed by atoms with van der Waals surface area (Å²) in [6.45, 7) is 0.941. The van der Waals surface area contributed by atoms with Gasteiger partial charge in [-0.05, 0) is 23.8 Å². The zero-order valence-electron chi connectivity index (χ0n) is 13.3. The molecule has 8 heteroatoms. The number of nitrogens with zero attached hydrogens (tertiary/aromatic N) is 1. The van der Waals surface area contributed by atoms with Crippen LogP contribution in [0.25, 0.3) is 0 Å². The first-order chi connectivity index (χ1) is 11.8.